The highest BCUT2D eigenvalue weighted by molar-refractivity contribution is 6.30. The predicted octanol–water partition coefficient (Wildman–Crippen LogP) is 7.08. The first-order valence-electron chi connectivity index (χ1n) is 11.6. The Bertz CT molecular complexity index is 1770. The summed E-state index contributed by atoms with van der Waals surface area (Å²) in [6, 6.07) is 9.79. The van der Waals surface area contributed by atoms with Gasteiger partial charge in [-0.15, -0.1) is 0 Å². The standard InChI is InChI=1S/C28H10F8N6/c29-19-9-13(5-7-17(19)27(31,32)33)21-22(14-6-8-18(20(30)10-14)28(34,35)36)42-26-24(40-12-38)16-4-2-1-3-15(16)23(39-11-37)25(26)41-21/h1-10H. The Morgan fingerprint density at radius 1 is 0.571 bits per heavy atom. The summed E-state index contributed by atoms with van der Waals surface area (Å²) in [7, 11) is 0. The van der Waals surface area contributed by atoms with Gasteiger partial charge in [-0.3, -0.25) is 0 Å². The maximum atomic E-state index is 14.6. The van der Waals surface area contributed by atoms with Crippen LogP contribution >= 0.6 is 0 Å². The van der Waals surface area contributed by atoms with Crippen molar-refractivity contribution in [3.63, 3.8) is 0 Å². The summed E-state index contributed by atoms with van der Waals surface area (Å²) in [4.78, 5) is 16.4. The van der Waals surface area contributed by atoms with E-state index in [0.717, 1.165) is 12.1 Å². The SMILES string of the molecule is N#CN=C1c2ccccc2C(=NC#N)c2nc(-c3ccc(C(F)(F)F)c(F)c3)c(-c3ccc(C(F)(F)F)c(F)c3)nc21. The maximum Gasteiger partial charge on any atom is 0.419 e. The average molecular weight is 582 g/mol. The van der Waals surface area contributed by atoms with Gasteiger partial charge in [-0.2, -0.15) is 46.9 Å². The lowest BCUT2D eigenvalue weighted by molar-refractivity contribution is -0.140. The van der Waals surface area contributed by atoms with Crippen molar-refractivity contribution in [2.45, 2.75) is 12.4 Å². The summed E-state index contributed by atoms with van der Waals surface area (Å²) in [6.07, 6.45) is -6.86. The third-order valence-electron chi connectivity index (χ3n) is 6.20. The molecular formula is C28H10F8N6. The number of fused-ring (bicyclic) bond motifs is 2. The number of halogens is 8. The zero-order valence-electron chi connectivity index (χ0n) is 20.5. The molecule has 0 spiro atoms. The fourth-order valence-corrected chi connectivity index (χ4v) is 4.43. The molecule has 0 atom stereocenters. The summed E-state index contributed by atoms with van der Waals surface area (Å²) < 4.78 is 109. The van der Waals surface area contributed by atoms with Gasteiger partial charge in [0, 0.05) is 22.3 Å². The topological polar surface area (TPSA) is 98.1 Å². The van der Waals surface area contributed by atoms with Crippen molar-refractivity contribution in [2.75, 3.05) is 0 Å². The molecule has 1 aromatic heterocycles. The van der Waals surface area contributed by atoms with E-state index in [1.807, 2.05) is 0 Å². The second-order valence-corrected chi connectivity index (χ2v) is 8.67. The first kappa shape index (κ1) is 28.0. The van der Waals surface area contributed by atoms with Crippen molar-refractivity contribution < 1.29 is 35.1 Å². The molecule has 42 heavy (non-hydrogen) atoms. The molecule has 0 radical (unpaired) electrons. The van der Waals surface area contributed by atoms with E-state index in [2.05, 4.69) is 20.0 Å². The molecule has 6 nitrogen and oxygen atoms in total. The second-order valence-electron chi connectivity index (χ2n) is 8.67. The first-order chi connectivity index (χ1) is 19.8. The van der Waals surface area contributed by atoms with E-state index in [1.54, 1.807) is 24.5 Å². The number of aliphatic imine (C=N–C) groups is 2. The van der Waals surface area contributed by atoms with Gasteiger partial charge in [0.15, 0.2) is 0 Å². The molecule has 208 valence electrons. The van der Waals surface area contributed by atoms with Gasteiger partial charge in [-0.25, -0.2) is 18.7 Å². The molecule has 0 fully saturated rings. The number of alkyl halides is 6. The highest BCUT2D eigenvalue weighted by Crippen LogP contribution is 2.39. The van der Waals surface area contributed by atoms with Crippen molar-refractivity contribution in [2.24, 2.45) is 9.98 Å². The largest absolute Gasteiger partial charge is 0.419 e. The molecule has 5 rings (SSSR count). The highest BCUT2D eigenvalue weighted by atomic mass is 19.4. The van der Waals surface area contributed by atoms with Gasteiger partial charge in [0.25, 0.3) is 0 Å². The Labute approximate surface area is 230 Å². The lowest BCUT2D eigenvalue weighted by Crippen LogP contribution is -2.26. The molecule has 4 aromatic rings. The Morgan fingerprint density at radius 2 is 0.952 bits per heavy atom. The smallest absolute Gasteiger partial charge is 0.241 e. The number of nitriles is 2. The van der Waals surface area contributed by atoms with Gasteiger partial charge in [-0.1, -0.05) is 36.4 Å². The summed E-state index contributed by atoms with van der Waals surface area (Å²) in [5.41, 5.74) is -4.50. The average Bonchev–Trinajstić information content (AvgIpc) is 2.92. The Morgan fingerprint density at radius 3 is 1.26 bits per heavy atom. The van der Waals surface area contributed by atoms with Crippen LogP contribution in [-0.4, -0.2) is 21.4 Å². The predicted molar refractivity (Wildman–Crippen MR) is 132 cm³/mol. The van der Waals surface area contributed by atoms with Crippen LogP contribution in [0.2, 0.25) is 0 Å². The van der Waals surface area contributed by atoms with Gasteiger partial charge in [0.05, 0.1) is 22.5 Å². The van der Waals surface area contributed by atoms with Gasteiger partial charge < -0.3 is 0 Å². The molecule has 0 unspecified atom stereocenters. The van der Waals surface area contributed by atoms with Crippen LogP contribution in [0.3, 0.4) is 0 Å². The van der Waals surface area contributed by atoms with Crippen LogP contribution in [0.4, 0.5) is 35.1 Å². The molecule has 0 amide bonds. The van der Waals surface area contributed by atoms with Gasteiger partial charge in [0.1, 0.15) is 34.4 Å². The number of nitrogens with zero attached hydrogens (tertiary/aromatic N) is 6. The Balaban J connectivity index is 1.87. The normalized spacial score (nSPS) is 14.7. The van der Waals surface area contributed by atoms with Crippen molar-refractivity contribution in [3.05, 3.63) is 106 Å². The van der Waals surface area contributed by atoms with Crippen molar-refractivity contribution in [1.82, 2.24) is 9.97 Å². The Kier molecular flexibility index (Phi) is 6.78. The molecule has 0 saturated carbocycles. The van der Waals surface area contributed by atoms with Crippen LogP contribution < -0.4 is 0 Å². The lowest BCUT2D eigenvalue weighted by atomic mass is 9.87. The first-order valence-corrected chi connectivity index (χ1v) is 11.6. The van der Waals surface area contributed by atoms with Crippen molar-refractivity contribution in [1.29, 1.82) is 10.5 Å². The summed E-state index contributed by atoms with van der Waals surface area (Å²) >= 11 is 0. The second kappa shape index (κ2) is 10.2. The third-order valence-corrected chi connectivity index (χ3v) is 6.20. The van der Waals surface area contributed by atoms with E-state index in [-0.39, 0.29) is 56.5 Å². The van der Waals surface area contributed by atoms with Crippen molar-refractivity contribution >= 4 is 11.4 Å². The molecule has 14 heteroatoms. The molecule has 0 aliphatic heterocycles. The minimum Gasteiger partial charge on any atom is -0.241 e. The molecule has 3 aromatic carbocycles. The monoisotopic (exact) mass is 582 g/mol. The van der Waals surface area contributed by atoms with E-state index < -0.39 is 35.1 Å². The highest BCUT2D eigenvalue weighted by Gasteiger charge is 2.37. The number of benzene rings is 3. The zero-order chi connectivity index (χ0) is 30.4. The van der Waals surface area contributed by atoms with Crippen LogP contribution in [0, 0.1) is 34.5 Å². The summed E-state index contributed by atoms with van der Waals surface area (Å²) in [5.74, 6) is -3.38. The third kappa shape index (κ3) is 4.83. The van der Waals surface area contributed by atoms with Gasteiger partial charge >= 0.3 is 12.4 Å². The molecule has 1 heterocycles. The molecule has 1 aliphatic rings. The number of rotatable bonds is 2. The molecule has 0 N–H and O–H groups in total. The van der Waals surface area contributed by atoms with Crippen molar-refractivity contribution in [3.8, 4) is 34.9 Å². The van der Waals surface area contributed by atoms with Crippen LogP contribution in [0.5, 0.6) is 0 Å². The fraction of sp³-hybridized carbons (Fsp3) is 0.0714. The van der Waals surface area contributed by atoms with Crippen LogP contribution in [-0.2, 0) is 12.4 Å². The number of hydrogen-bond donors (Lipinski definition) is 0. The van der Waals surface area contributed by atoms with Crippen LogP contribution in [0.1, 0.15) is 33.6 Å². The number of hydrogen-bond acceptors (Lipinski definition) is 6. The van der Waals surface area contributed by atoms with E-state index in [1.165, 1.54) is 12.1 Å². The minimum absolute atomic E-state index is 0.0775. The summed E-state index contributed by atoms with van der Waals surface area (Å²) in [6.45, 7) is 0. The minimum atomic E-state index is -5.04. The van der Waals surface area contributed by atoms with E-state index in [9.17, 15) is 45.6 Å². The van der Waals surface area contributed by atoms with Crippen LogP contribution in [0.25, 0.3) is 22.5 Å². The molecule has 0 saturated heterocycles. The van der Waals surface area contributed by atoms with E-state index >= 15 is 0 Å². The van der Waals surface area contributed by atoms with E-state index in [0.29, 0.717) is 24.3 Å². The maximum absolute atomic E-state index is 14.6. The summed E-state index contributed by atoms with van der Waals surface area (Å²) in [5, 5.41) is 18.7. The molecule has 1 aliphatic carbocycles. The van der Waals surface area contributed by atoms with Gasteiger partial charge in [0.2, 0.25) is 12.4 Å². The zero-order valence-corrected chi connectivity index (χ0v) is 20.5. The molecular weight excluding hydrogens is 572 g/mol. The Hall–Kier alpha value is -5.50. The number of aromatic nitrogens is 2. The van der Waals surface area contributed by atoms with Gasteiger partial charge in [-0.05, 0) is 24.3 Å². The quantitative estimate of drug-likeness (QED) is 0.164. The molecule has 0 bridgehead atoms. The van der Waals surface area contributed by atoms with Crippen LogP contribution in [0.15, 0.2) is 70.6 Å². The van der Waals surface area contributed by atoms with E-state index in [4.69, 9.17) is 0 Å². The lowest BCUT2D eigenvalue weighted by Gasteiger charge is -2.23. The fourth-order valence-electron chi connectivity index (χ4n) is 4.43.